The van der Waals surface area contributed by atoms with Crippen LogP contribution in [0.3, 0.4) is 0 Å². The molecule has 2 aromatic rings. The minimum absolute atomic E-state index is 0.211. The number of carbonyl (C=O) groups is 2. The lowest BCUT2D eigenvalue weighted by molar-refractivity contribution is -0.143. The molecule has 0 bridgehead atoms. The average Bonchev–Trinajstić information content (AvgIpc) is 2.82. The van der Waals surface area contributed by atoms with Crippen LogP contribution in [0.15, 0.2) is 18.2 Å². The number of benzene rings is 1. The number of carbonyl (C=O) groups excluding carboxylic acids is 1. The Hall–Kier alpha value is -2.37. The molecule has 0 fully saturated rings. The highest BCUT2D eigenvalue weighted by Gasteiger charge is 2.13. The number of imidazole rings is 1. The van der Waals surface area contributed by atoms with Crippen molar-refractivity contribution in [2.75, 3.05) is 6.61 Å². The predicted molar refractivity (Wildman–Crippen MR) is 77.3 cm³/mol. The summed E-state index contributed by atoms with van der Waals surface area (Å²) < 4.78 is 6.81. The highest BCUT2D eigenvalue weighted by atomic mass is 16.5. The van der Waals surface area contributed by atoms with Gasteiger partial charge in [-0.15, -0.1) is 0 Å². The largest absolute Gasteiger partial charge is 0.478 e. The molecular formula is C15H18N2O4. The molecule has 0 aliphatic rings. The number of ether oxygens (including phenoxy) is 1. The van der Waals surface area contributed by atoms with Crippen molar-refractivity contribution < 1.29 is 19.4 Å². The van der Waals surface area contributed by atoms with Crippen molar-refractivity contribution in [3.05, 3.63) is 29.6 Å². The number of aromatic nitrogens is 2. The second-order valence-corrected chi connectivity index (χ2v) is 4.60. The van der Waals surface area contributed by atoms with Crippen LogP contribution in [0.5, 0.6) is 0 Å². The molecule has 1 N–H and O–H groups in total. The van der Waals surface area contributed by atoms with Gasteiger partial charge in [-0.3, -0.25) is 4.79 Å². The summed E-state index contributed by atoms with van der Waals surface area (Å²) in [6.07, 6.45) is 0.948. The maximum atomic E-state index is 11.5. The first-order chi connectivity index (χ1) is 10.1. The third kappa shape index (κ3) is 3.21. The fourth-order valence-electron chi connectivity index (χ4n) is 2.26. The average molecular weight is 290 g/mol. The van der Waals surface area contributed by atoms with Crippen LogP contribution >= 0.6 is 0 Å². The number of aromatic carboxylic acids is 1. The topological polar surface area (TPSA) is 81.4 Å². The molecule has 6 heteroatoms. The molecule has 1 aromatic carbocycles. The van der Waals surface area contributed by atoms with Crippen LogP contribution in [-0.2, 0) is 22.5 Å². The number of hydrogen-bond acceptors (Lipinski definition) is 4. The van der Waals surface area contributed by atoms with Crippen molar-refractivity contribution in [3.8, 4) is 0 Å². The van der Waals surface area contributed by atoms with E-state index in [1.165, 1.54) is 6.07 Å². The van der Waals surface area contributed by atoms with E-state index in [0.717, 1.165) is 16.9 Å². The van der Waals surface area contributed by atoms with E-state index in [2.05, 4.69) is 4.98 Å². The van der Waals surface area contributed by atoms with Crippen LogP contribution in [0.25, 0.3) is 11.0 Å². The van der Waals surface area contributed by atoms with Crippen molar-refractivity contribution in [3.63, 3.8) is 0 Å². The Morgan fingerprint density at radius 2 is 2.10 bits per heavy atom. The second kappa shape index (κ2) is 6.39. The molecule has 0 atom stereocenters. The molecule has 112 valence electrons. The molecule has 0 aliphatic heterocycles. The number of aryl methyl sites for hydroxylation is 2. The van der Waals surface area contributed by atoms with Gasteiger partial charge in [0, 0.05) is 13.0 Å². The van der Waals surface area contributed by atoms with Gasteiger partial charge in [-0.2, -0.15) is 0 Å². The summed E-state index contributed by atoms with van der Waals surface area (Å²) >= 11 is 0. The Labute approximate surface area is 122 Å². The highest BCUT2D eigenvalue weighted by molar-refractivity contribution is 5.92. The first-order valence-electron chi connectivity index (χ1n) is 6.94. The molecule has 2 rings (SSSR count). The summed E-state index contributed by atoms with van der Waals surface area (Å²) in [4.78, 5) is 27.1. The molecule has 0 saturated heterocycles. The van der Waals surface area contributed by atoms with Crippen molar-refractivity contribution in [1.29, 1.82) is 0 Å². The van der Waals surface area contributed by atoms with Crippen LogP contribution in [-0.4, -0.2) is 33.2 Å². The summed E-state index contributed by atoms with van der Waals surface area (Å²) in [5.74, 6) is -0.416. The standard InChI is InChI=1S/C15H18N2O4/c1-3-13-16-11-6-5-10(15(19)20)9-12(11)17(13)8-7-14(18)21-4-2/h5-6,9H,3-4,7-8H2,1-2H3,(H,19,20). The Morgan fingerprint density at radius 1 is 1.33 bits per heavy atom. The minimum atomic E-state index is -0.979. The van der Waals surface area contributed by atoms with E-state index in [-0.39, 0.29) is 18.0 Å². The number of fused-ring (bicyclic) bond motifs is 1. The van der Waals surface area contributed by atoms with E-state index in [9.17, 15) is 9.59 Å². The fourth-order valence-corrected chi connectivity index (χ4v) is 2.26. The summed E-state index contributed by atoms with van der Waals surface area (Å²) in [6.45, 7) is 4.52. The summed E-state index contributed by atoms with van der Waals surface area (Å²) in [7, 11) is 0. The second-order valence-electron chi connectivity index (χ2n) is 4.60. The number of esters is 1. The van der Waals surface area contributed by atoms with Crippen molar-refractivity contribution in [1.82, 2.24) is 9.55 Å². The quantitative estimate of drug-likeness (QED) is 0.825. The lowest BCUT2D eigenvalue weighted by Crippen LogP contribution is -2.11. The number of rotatable bonds is 6. The fraction of sp³-hybridized carbons (Fsp3) is 0.400. The van der Waals surface area contributed by atoms with Gasteiger partial charge in [0.25, 0.3) is 0 Å². The molecule has 1 aromatic heterocycles. The summed E-state index contributed by atoms with van der Waals surface area (Å²) in [5, 5.41) is 9.08. The molecule has 0 amide bonds. The molecule has 6 nitrogen and oxygen atoms in total. The molecule has 1 heterocycles. The van der Waals surface area contributed by atoms with Crippen molar-refractivity contribution >= 4 is 23.0 Å². The SMILES string of the molecule is CCOC(=O)CCn1c(CC)nc2ccc(C(=O)O)cc21. The van der Waals surface area contributed by atoms with Crippen LogP contribution in [0.2, 0.25) is 0 Å². The van der Waals surface area contributed by atoms with Gasteiger partial charge in [0.15, 0.2) is 0 Å². The molecular weight excluding hydrogens is 272 g/mol. The van der Waals surface area contributed by atoms with Gasteiger partial charge in [0.2, 0.25) is 0 Å². The van der Waals surface area contributed by atoms with E-state index >= 15 is 0 Å². The first-order valence-corrected chi connectivity index (χ1v) is 6.94. The Morgan fingerprint density at radius 3 is 2.71 bits per heavy atom. The van der Waals surface area contributed by atoms with E-state index < -0.39 is 5.97 Å². The van der Waals surface area contributed by atoms with Gasteiger partial charge < -0.3 is 14.4 Å². The minimum Gasteiger partial charge on any atom is -0.478 e. The maximum Gasteiger partial charge on any atom is 0.335 e. The number of carboxylic acid groups (broad SMARTS) is 1. The summed E-state index contributed by atoms with van der Waals surface area (Å²) in [6, 6.07) is 4.82. The Bertz CT molecular complexity index is 676. The van der Waals surface area contributed by atoms with E-state index in [1.807, 2.05) is 11.5 Å². The molecule has 21 heavy (non-hydrogen) atoms. The molecule has 0 aliphatic carbocycles. The highest BCUT2D eigenvalue weighted by Crippen LogP contribution is 2.19. The third-order valence-electron chi connectivity index (χ3n) is 3.24. The Kier molecular flexibility index (Phi) is 4.57. The van der Waals surface area contributed by atoms with Gasteiger partial charge in [0.05, 0.1) is 29.6 Å². The normalized spacial score (nSPS) is 10.8. The van der Waals surface area contributed by atoms with Crippen LogP contribution in [0, 0.1) is 0 Å². The predicted octanol–water partition coefficient (Wildman–Crippen LogP) is 2.25. The molecule has 0 radical (unpaired) electrons. The zero-order valence-electron chi connectivity index (χ0n) is 12.1. The van der Waals surface area contributed by atoms with Gasteiger partial charge in [-0.05, 0) is 25.1 Å². The number of nitrogens with zero attached hydrogens (tertiary/aromatic N) is 2. The summed E-state index contributed by atoms with van der Waals surface area (Å²) in [5.41, 5.74) is 1.68. The smallest absolute Gasteiger partial charge is 0.335 e. The monoisotopic (exact) mass is 290 g/mol. The van der Waals surface area contributed by atoms with Crippen LogP contribution < -0.4 is 0 Å². The number of hydrogen-bond donors (Lipinski definition) is 1. The lowest BCUT2D eigenvalue weighted by atomic mass is 10.2. The first kappa shape index (κ1) is 15.0. The van der Waals surface area contributed by atoms with E-state index in [4.69, 9.17) is 9.84 Å². The Balaban J connectivity index is 2.36. The zero-order valence-corrected chi connectivity index (χ0v) is 12.1. The van der Waals surface area contributed by atoms with E-state index in [0.29, 0.717) is 19.6 Å². The maximum absolute atomic E-state index is 11.5. The lowest BCUT2D eigenvalue weighted by Gasteiger charge is -2.08. The zero-order chi connectivity index (χ0) is 15.4. The third-order valence-corrected chi connectivity index (χ3v) is 3.24. The molecule has 0 unspecified atom stereocenters. The van der Waals surface area contributed by atoms with Crippen LogP contribution in [0.1, 0.15) is 36.5 Å². The van der Waals surface area contributed by atoms with Crippen molar-refractivity contribution in [2.45, 2.75) is 33.2 Å². The van der Waals surface area contributed by atoms with Crippen LogP contribution in [0.4, 0.5) is 0 Å². The van der Waals surface area contributed by atoms with Gasteiger partial charge >= 0.3 is 11.9 Å². The van der Waals surface area contributed by atoms with Gasteiger partial charge in [0.1, 0.15) is 5.82 Å². The molecule has 0 saturated carbocycles. The van der Waals surface area contributed by atoms with Crippen molar-refractivity contribution in [2.24, 2.45) is 0 Å². The van der Waals surface area contributed by atoms with Gasteiger partial charge in [-0.25, -0.2) is 9.78 Å². The molecule has 0 spiro atoms. The van der Waals surface area contributed by atoms with Gasteiger partial charge in [-0.1, -0.05) is 6.92 Å². The van der Waals surface area contributed by atoms with E-state index in [1.54, 1.807) is 19.1 Å². The number of carboxylic acids is 1.